The number of nitrogen functional groups attached to an aromatic ring is 1. The Labute approximate surface area is 126 Å². The zero-order valence-corrected chi connectivity index (χ0v) is 11.6. The van der Waals surface area contributed by atoms with Crippen LogP contribution in [0.5, 0.6) is 0 Å². The number of carbonyl (C=O) groups excluding carboxylic acids is 2. The van der Waals surface area contributed by atoms with Crippen LogP contribution in [0, 0.1) is 0 Å². The van der Waals surface area contributed by atoms with E-state index in [0.717, 1.165) is 5.52 Å². The summed E-state index contributed by atoms with van der Waals surface area (Å²) in [6, 6.07) is 12.1. The summed E-state index contributed by atoms with van der Waals surface area (Å²) < 4.78 is 6.76. The van der Waals surface area contributed by atoms with Crippen molar-refractivity contribution in [2.24, 2.45) is 0 Å². The van der Waals surface area contributed by atoms with Gasteiger partial charge in [-0.05, 0) is 36.4 Å². The number of hydrogen-bond donors (Lipinski definition) is 1. The Hall–Kier alpha value is -3.15. The van der Waals surface area contributed by atoms with E-state index in [4.69, 9.17) is 10.5 Å². The summed E-state index contributed by atoms with van der Waals surface area (Å²) in [5.74, 6) is -0.941. The number of carbonyl (C=O) groups is 2. The molecule has 0 fully saturated rings. The number of hydrogen-bond acceptors (Lipinski definition) is 5. The molecule has 3 rings (SSSR count). The summed E-state index contributed by atoms with van der Waals surface area (Å²) in [7, 11) is 0. The Balaban J connectivity index is 1.70. The maximum atomic E-state index is 12.1. The van der Waals surface area contributed by atoms with Crippen molar-refractivity contribution in [1.29, 1.82) is 0 Å². The second-order valence-corrected chi connectivity index (χ2v) is 4.69. The zero-order valence-electron chi connectivity index (χ0n) is 11.6. The van der Waals surface area contributed by atoms with Crippen LogP contribution in [-0.2, 0) is 4.74 Å². The first-order valence-electron chi connectivity index (χ1n) is 6.63. The number of nitrogens with zero attached hydrogens (tertiary/aromatic N) is 2. The predicted octanol–water partition coefficient (Wildman–Crippen LogP) is 1.96. The van der Waals surface area contributed by atoms with Crippen molar-refractivity contribution < 1.29 is 14.3 Å². The maximum absolute atomic E-state index is 12.1. The van der Waals surface area contributed by atoms with Gasteiger partial charge in [-0.15, -0.1) is 0 Å². The lowest BCUT2D eigenvalue weighted by Crippen LogP contribution is -2.16. The first-order chi connectivity index (χ1) is 10.6. The molecule has 3 aromatic heterocycles. The van der Waals surface area contributed by atoms with Crippen molar-refractivity contribution in [2.45, 2.75) is 0 Å². The van der Waals surface area contributed by atoms with Crippen molar-refractivity contribution in [3.8, 4) is 0 Å². The molecule has 0 aromatic carbocycles. The highest BCUT2D eigenvalue weighted by atomic mass is 16.5. The molecular formula is C16H13N3O3. The number of anilines is 1. The van der Waals surface area contributed by atoms with Crippen molar-refractivity contribution in [3.63, 3.8) is 0 Å². The maximum Gasteiger partial charge on any atom is 0.355 e. The first-order valence-corrected chi connectivity index (χ1v) is 6.63. The number of pyridine rings is 2. The smallest absolute Gasteiger partial charge is 0.355 e. The van der Waals surface area contributed by atoms with Crippen molar-refractivity contribution in [2.75, 3.05) is 12.3 Å². The van der Waals surface area contributed by atoms with Gasteiger partial charge in [0.1, 0.15) is 11.4 Å². The van der Waals surface area contributed by atoms with Crippen LogP contribution >= 0.6 is 0 Å². The fourth-order valence-electron chi connectivity index (χ4n) is 2.07. The zero-order chi connectivity index (χ0) is 15.5. The Morgan fingerprint density at radius 3 is 2.77 bits per heavy atom. The van der Waals surface area contributed by atoms with E-state index in [-0.39, 0.29) is 18.1 Å². The summed E-state index contributed by atoms with van der Waals surface area (Å²) >= 11 is 0. The lowest BCUT2D eigenvalue weighted by atomic mass is 10.2. The van der Waals surface area contributed by atoms with Gasteiger partial charge < -0.3 is 14.9 Å². The topological polar surface area (TPSA) is 86.7 Å². The van der Waals surface area contributed by atoms with Gasteiger partial charge in [0.05, 0.1) is 11.9 Å². The molecule has 0 spiro atoms. The molecule has 0 aliphatic heterocycles. The Morgan fingerprint density at radius 1 is 1.14 bits per heavy atom. The van der Waals surface area contributed by atoms with Crippen molar-refractivity contribution in [1.82, 2.24) is 9.38 Å². The van der Waals surface area contributed by atoms with Gasteiger partial charge in [-0.3, -0.25) is 9.78 Å². The molecule has 0 amide bonds. The quantitative estimate of drug-likeness (QED) is 0.587. The van der Waals surface area contributed by atoms with Gasteiger partial charge in [-0.2, -0.15) is 0 Å². The normalized spacial score (nSPS) is 10.5. The van der Waals surface area contributed by atoms with E-state index in [0.29, 0.717) is 11.4 Å². The molecule has 0 aliphatic rings. The number of ether oxygens (including phenoxy) is 1. The Kier molecular flexibility index (Phi) is 3.57. The fourth-order valence-corrected chi connectivity index (χ4v) is 2.07. The van der Waals surface area contributed by atoms with Crippen LogP contribution in [0.15, 0.2) is 54.9 Å². The number of fused-ring (bicyclic) bond motifs is 1. The van der Waals surface area contributed by atoms with Crippen LogP contribution in [0.4, 0.5) is 5.69 Å². The van der Waals surface area contributed by atoms with Crippen molar-refractivity contribution >= 4 is 23.0 Å². The van der Waals surface area contributed by atoms with E-state index in [2.05, 4.69) is 4.98 Å². The van der Waals surface area contributed by atoms with Crippen LogP contribution in [0.3, 0.4) is 0 Å². The highest BCUT2D eigenvalue weighted by molar-refractivity contribution is 5.98. The Morgan fingerprint density at radius 2 is 2.00 bits per heavy atom. The molecule has 0 saturated heterocycles. The highest BCUT2D eigenvalue weighted by Gasteiger charge is 2.15. The third-order valence-corrected chi connectivity index (χ3v) is 3.18. The van der Waals surface area contributed by atoms with Gasteiger partial charge in [-0.25, -0.2) is 4.79 Å². The third-order valence-electron chi connectivity index (χ3n) is 3.18. The SMILES string of the molecule is Nc1ccc(C(=O)COC(=O)c2ccc3ccccn23)nc1. The van der Waals surface area contributed by atoms with Crippen LogP contribution in [0.25, 0.3) is 5.52 Å². The molecule has 0 aliphatic carbocycles. The summed E-state index contributed by atoms with van der Waals surface area (Å²) in [4.78, 5) is 27.9. The number of nitrogens with two attached hydrogens (primary N) is 1. The number of rotatable bonds is 4. The van der Waals surface area contributed by atoms with Gasteiger partial charge in [0.15, 0.2) is 6.61 Å². The molecule has 0 unspecified atom stereocenters. The van der Waals surface area contributed by atoms with Crippen molar-refractivity contribution in [3.05, 3.63) is 66.2 Å². The van der Waals surface area contributed by atoms with E-state index in [1.165, 1.54) is 12.3 Å². The second kappa shape index (κ2) is 5.69. The number of aromatic nitrogens is 2. The molecule has 3 aromatic rings. The standard InChI is InChI=1S/C16H13N3O3/c17-11-4-6-13(18-9-11)15(20)10-22-16(21)14-7-5-12-3-1-2-8-19(12)14/h1-9H,10,17H2. The molecular weight excluding hydrogens is 282 g/mol. The molecule has 0 radical (unpaired) electrons. The monoisotopic (exact) mass is 295 g/mol. The molecule has 110 valence electrons. The summed E-state index contributed by atoms with van der Waals surface area (Å²) in [6.45, 7) is -0.365. The van der Waals surface area contributed by atoms with E-state index in [1.807, 2.05) is 18.2 Å². The van der Waals surface area contributed by atoms with Gasteiger partial charge in [0.2, 0.25) is 5.78 Å². The number of Topliss-reactive ketones (excluding diaryl/α,β-unsaturated/α-hetero) is 1. The average molecular weight is 295 g/mol. The lowest BCUT2D eigenvalue weighted by molar-refractivity contribution is 0.0467. The van der Waals surface area contributed by atoms with Crippen LogP contribution in [0.2, 0.25) is 0 Å². The summed E-state index contributed by atoms with van der Waals surface area (Å²) in [5.41, 5.74) is 7.43. The minimum Gasteiger partial charge on any atom is -0.453 e. The van der Waals surface area contributed by atoms with Gasteiger partial charge in [0.25, 0.3) is 0 Å². The predicted molar refractivity (Wildman–Crippen MR) is 80.7 cm³/mol. The van der Waals surface area contributed by atoms with Gasteiger partial charge in [0, 0.05) is 11.7 Å². The van der Waals surface area contributed by atoms with E-state index in [1.54, 1.807) is 28.8 Å². The molecule has 6 nitrogen and oxygen atoms in total. The molecule has 0 saturated carbocycles. The van der Waals surface area contributed by atoms with E-state index in [9.17, 15) is 9.59 Å². The largest absolute Gasteiger partial charge is 0.453 e. The van der Waals surface area contributed by atoms with E-state index >= 15 is 0 Å². The molecule has 3 heterocycles. The number of esters is 1. The van der Waals surface area contributed by atoms with Crippen LogP contribution in [-0.4, -0.2) is 27.7 Å². The summed E-state index contributed by atoms with van der Waals surface area (Å²) in [6.07, 6.45) is 3.14. The van der Waals surface area contributed by atoms with Crippen LogP contribution in [0.1, 0.15) is 21.0 Å². The molecule has 6 heteroatoms. The second-order valence-electron chi connectivity index (χ2n) is 4.69. The fraction of sp³-hybridized carbons (Fsp3) is 0.0625. The Bertz CT molecular complexity index is 837. The number of ketones is 1. The lowest BCUT2D eigenvalue weighted by Gasteiger charge is -2.05. The van der Waals surface area contributed by atoms with Gasteiger partial charge in [-0.1, -0.05) is 6.07 Å². The van der Waals surface area contributed by atoms with Gasteiger partial charge >= 0.3 is 5.97 Å². The molecule has 0 bridgehead atoms. The molecule has 22 heavy (non-hydrogen) atoms. The highest BCUT2D eigenvalue weighted by Crippen LogP contribution is 2.11. The minimum absolute atomic E-state index is 0.210. The minimum atomic E-state index is -0.560. The molecule has 2 N–H and O–H groups in total. The van der Waals surface area contributed by atoms with Crippen LogP contribution < -0.4 is 5.73 Å². The van der Waals surface area contributed by atoms with E-state index < -0.39 is 5.97 Å². The first kappa shape index (κ1) is 13.8. The molecule has 0 atom stereocenters. The third kappa shape index (κ3) is 2.67. The summed E-state index contributed by atoms with van der Waals surface area (Å²) in [5, 5.41) is 0. The average Bonchev–Trinajstić information content (AvgIpc) is 2.97.